The summed E-state index contributed by atoms with van der Waals surface area (Å²) in [4.78, 5) is 12.1. The van der Waals surface area contributed by atoms with E-state index >= 15 is 0 Å². The minimum absolute atomic E-state index is 0.0153. The van der Waals surface area contributed by atoms with Gasteiger partial charge in [0, 0.05) is 24.2 Å². The van der Waals surface area contributed by atoms with Gasteiger partial charge in [-0.25, -0.2) is 4.79 Å². The van der Waals surface area contributed by atoms with Crippen LogP contribution in [0.5, 0.6) is 0 Å². The molecule has 0 radical (unpaired) electrons. The minimum atomic E-state index is -2.01. The number of nitrogens with two attached hydrogens (primary N) is 1. The van der Waals surface area contributed by atoms with Crippen LogP contribution in [0.3, 0.4) is 0 Å². The molecule has 0 bridgehead atoms. The van der Waals surface area contributed by atoms with E-state index in [0.717, 1.165) is 72.9 Å². The number of hydrogen-bond donors (Lipinski definition) is 3. The van der Waals surface area contributed by atoms with Crippen LogP contribution in [-0.4, -0.2) is 39.3 Å². The Kier molecular flexibility index (Phi) is 8.26. The Hall–Kier alpha value is -1.50. The Bertz CT molecular complexity index is 780. The largest absolute Gasteiger partial charge is 0.479 e. The van der Waals surface area contributed by atoms with Crippen LogP contribution in [0.25, 0.3) is 11.6 Å². The molecule has 2 aliphatic rings. The molecule has 1 saturated carbocycles. The molecular formula is C24H35NO4S. The summed E-state index contributed by atoms with van der Waals surface area (Å²) in [6.45, 7) is 2.07. The molecule has 1 aromatic rings. The van der Waals surface area contributed by atoms with E-state index in [4.69, 9.17) is 10.2 Å². The second-order valence-corrected chi connectivity index (χ2v) is 9.77. The minimum Gasteiger partial charge on any atom is -0.479 e. The fraction of sp³-hybridized carbons (Fsp3) is 0.625. The maximum Gasteiger partial charge on any atom is 0.337 e. The summed E-state index contributed by atoms with van der Waals surface area (Å²) >= 11 is 1.59. The van der Waals surface area contributed by atoms with E-state index in [1.54, 1.807) is 11.8 Å². The van der Waals surface area contributed by atoms with Crippen LogP contribution in [0.1, 0.15) is 75.4 Å². The third kappa shape index (κ3) is 6.02. The standard InChI is InChI=1S/C24H35NO4S/c1-2-13-30-16-22(25)24(28,23(26)27)15-18-7-5-3-4-6-8-21-20(18)14-19(29-21)12-11-17-9-10-17/h6-8,14,17,22,28H,2-5,9-13,15-16,25H2,1H3,(H,26,27)/b8-6-,18-7-/t22-,24+/m0/s1. The number of carbonyl (C=O) groups is 1. The Morgan fingerprint density at radius 3 is 2.90 bits per heavy atom. The normalized spacial score (nSPS) is 22.6. The maximum atomic E-state index is 12.1. The van der Waals surface area contributed by atoms with E-state index in [2.05, 4.69) is 19.1 Å². The summed E-state index contributed by atoms with van der Waals surface area (Å²) in [5, 5.41) is 21.0. The van der Waals surface area contributed by atoms with E-state index in [-0.39, 0.29) is 6.42 Å². The van der Waals surface area contributed by atoms with Crippen molar-refractivity contribution < 1.29 is 19.4 Å². The molecule has 2 atom stereocenters. The summed E-state index contributed by atoms with van der Waals surface area (Å²) in [7, 11) is 0. The fourth-order valence-electron chi connectivity index (χ4n) is 3.84. The lowest BCUT2D eigenvalue weighted by Crippen LogP contribution is -2.55. The lowest BCUT2D eigenvalue weighted by atomic mass is 9.85. The van der Waals surface area contributed by atoms with Crippen molar-refractivity contribution in [1.29, 1.82) is 0 Å². The Morgan fingerprint density at radius 2 is 2.20 bits per heavy atom. The fourth-order valence-corrected chi connectivity index (χ4v) is 4.82. The highest BCUT2D eigenvalue weighted by molar-refractivity contribution is 7.99. The summed E-state index contributed by atoms with van der Waals surface area (Å²) < 4.78 is 6.13. The first-order valence-corrected chi connectivity index (χ1v) is 12.4. The third-order valence-electron chi connectivity index (χ3n) is 5.98. The van der Waals surface area contributed by atoms with Crippen molar-refractivity contribution in [2.24, 2.45) is 11.7 Å². The van der Waals surface area contributed by atoms with Crippen LogP contribution in [0.15, 0.2) is 22.6 Å². The zero-order valence-corrected chi connectivity index (χ0v) is 18.8. The monoisotopic (exact) mass is 433 g/mol. The average molecular weight is 434 g/mol. The van der Waals surface area contributed by atoms with E-state index in [0.29, 0.717) is 5.75 Å². The zero-order valence-electron chi connectivity index (χ0n) is 17.9. The number of furan rings is 1. The highest BCUT2D eigenvalue weighted by atomic mass is 32.2. The number of carboxylic acid groups (broad SMARTS) is 1. The summed E-state index contributed by atoms with van der Waals surface area (Å²) in [5.74, 6) is 2.56. The van der Waals surface area contributed by atoms with Gasteiger partial charge in [-0.05, 0) is 61.5 Å². The summed E-state index contributed by atoms with van der Waals surface area (Å²) in [6.07, 6.45) is 14.5. The van der Waals surface area contributed by atoms with Gasteiger partial charge in [0.1, 0.15) is 11.5 Å². The highest BCUT2D eigenvalue weighted by Crippen LogP contribution is 2.37. The average Bonchev–Trinajstić information content (AvgIpc) is 3.44. The molecular weight excluding hydrogens is 398 g/mol. The Morgan fingerprint density at radius 1 is 1.40 bits per heavy atom. The molecule has 3 rings (SSSR count). The molecule has 0 unspecified atom stereocenters. The quantitative estimate of drug-likeness (QED) is 0.430. The van der Waals surface area contributed by atoms with Gasteiger partial charge in [0.25, 0.3) is 0 Å². The van der Waals surface area contributed by atoms with Crippen LogP contribution in [0, 0.1) is 5.92 Å². The van der Waals surface area contributed by atoms with Crippen molar-refractivity contribution in [3.8, 4) is 0 Å². The number of carboxylic acids is 1. The summed E-state index contributed by atoms with van der Waals surface area (Å²) in [5.41, 5.74) is 5.92. The van der Waals surface area contributed by atoms with Crippen molar-refractivity contribution in [1.82, 2.24) is 0 Å². The van der Waals surface area contributed by atoms with Crippen LogP contribution >= 0.6 is 11.8 Å². The first kappa shape index (κ1) is 23.2. The van der Waals surface area contributed by atoms with Gasteiger partial charge in [0.15, 0.2) is 5.60 Å². The lowest BCUT2D eigenvalue weighted by Gasteiger charge is -2.30. The van der Waals surface area contributed by atoms with Crippen molar-refractivity contribution in [3.63, 3.8) is 0 Å². The van der Waals surface area contributed by atoms with Crippen molar-refractivity contribution in [2.75, 3.05) is 11.5 Å². The van der Waals surface area contributed by atoms with Gasteiger partial charge in [-0.2, -0.15) is 11.8 Å². The van der Waals surface area contributed by atoms with E-state index < -0.39 is 17.6 Å². The van der Waals surface area contributed by atoms with Gasteiger partial charge in [0.2, 0.25) is 0 Å². The molecule has 30 heavy (non-hydrogen) atoms. The molecule has 4 N–H and O–H groups in total. The van der Waals surface area contributed by atoms with Gasteiger partial charge >= 0.3 is 5.97 Å². The number of aryl methyl sites for hydroxylation is 1. The molecule has 0 saturated heterocycles. The Balaban J connectivity index is 1.84. The van der Waals surface area contributed by atoms with Crippen LogP contribution in [0.4, 0.5) is 0 Å². The molecule has 1 fully saturated rings. The van der Waals surface area contributed by atoms with Crippen molar-refractivity contribution in [2.45, 2.75) is 76.4 Å². The molecule has 0 amide bonds. The van der Waals surface area contributed by atoms with Gasteiger partial charge in [-0.15, -0.1) is 0 Å². The lowest BCUT2D eigenvalue weighted by molar-refractivity contribution is -0.159. The SMILES string of the molecule is CCCSC[C@H](N)[C@](O)(C/C1=C/CCC/C=C\c2oc(CCC3CC3)cc21)C(=O)O. The van der Waals surface area contributed by atoms with E-state index in [1.165, 1.54) is 12.8 Å². The predicted octanol–water partition coefficient (Wildman–Crippen LogP) is 4.88. The third-order valence-corrected chi connectivity index (χ3v) is 7.27. The van der Waals surface area contributed by atoms with Crippen molar-refractivity contribution in [3.05, 3.63) is 35.3 Å². The van der Waals surface area contributed by atoms with Gasteiger partial charge in [-0.3, -0.25) is 0 Å². The van der Waals surface area contributed by atoms with Gasteiger partial charge < -0.3 is 20.4 Å². The molecule has 166 valence electrons. The molecule has 1 aromatic heterocycles. The molecule has 0 aliphatic heterocycles. The van der Waals surface area contributed by atoms with Crippen LogP contribution < -0.4 is 5.73 Å². The molecule has 1 heterocycles. The zero-order chi connectivity index (χ0) is 21.6. The maximum absolute atomic E-state index is 12.1. The highest BCUT2D eigenvalue weighted by Gasteiger charge is 2.43. The number of aliphatic hydroxyl groups is 1. The number of fused-ring (bicyclic) bond motifs is 1. The summed E-state index contributed by atoms with van der Waals surface area (Å²) in [6, 6.07) is 1.19. The van der Waals surface area contributed by atoms with Crippen molar-refractivity contribution >= 4 is 29.4 Å². The topological polar surface area (TPSA) is 96.7 Å². The number of thioether (sulfide) groups is 1. The van der Waals surface area contributed by atoms with Crippen LogP contribution in [0.2, 0.25) is 0 Å². The van der Waals surface area contributed by atoms with Crippen LogP contribution in [-0.2, 0) is 11.2 Å². The molecule has 2 aliphatic carbocycles. The Labute approximate surface area is 183 Å². The number of rotatable bonds is 11. The smallest absolute Gasteiger partial charge is 0.337 e. The molecule has 6 heteroatoms. The van der Waals surface area contributed by atoms with Gasteiger partial charge in [-0.1, -0.05) is 31.9 Å². The second-order valence-electron chi connectivity index (χ2n) is 8.62. The molecule has 0 aromatic carbocycles. The second kappa shape index (κ2) is 10.7. The van der Waals surface area contributed by atoms with E-state index in [1.807, 2.05) is 12.1 Å². The number of allylic oxidation sites excluding steroid dienone is 2. The number of aliphatic carboxylic acids is 1. The number of hydrogen-bond acceptors (Lipinski definition) is 5. The predicted molar refractivity (Wildman–Crippen MR) is 123 cm³/mol. The van der Waals surface area contributed by atoms with Gasteiger partial charge in [0.05, 0.1) is 6.04 Å². The first-order valence-electron chi connectivity index (χ1n) is 11.2. The molecule has 5 nitrogen and oxygen atoms in total. The first-order chi connectivity index (χ1) is 14.4. The molecule has 0 spiro atoms. The van der Waals surface area contributed by atoms with E-state index in [9.17, 15) is 15.0 Å².